The number of allylic oxidation sites excluding steroid dienone is 2. The summed E-state index contributed by atoms with van der Waals surface area (Å²) in [5, 5.41) is 21.0. The molecule has 0 aliphatic heterocycles. The molecule has 8 aromatic rings. The Kier molecular flexibility index (Phi) is 10.7. The first-order chi connectivity index (χ1) is 27.4. The van der Waals surface area contributed by atoms with Gasteiger partial charge >= 0.3 is 0 Å². The lowest BCUT2D eigenvalue weighted by Gasteiger charge is -2.11. The van der Waals surface area contributed by atoms with Crippen LogP contribution >= 0.6 is 0 Å². The van der Waals surface area contributed by atoms with E-state index in [0.29, 0.717) is 22.6 Å². The molecule has 0 atom stereocenters. The van der Waals surface area contributed by atoms with Gasteiger partial charge < -0.3 is 9.30 Å². The Morgan fingerprint density at radius 2 is 0.821 bits per heavy atom. The van der Waals surface area contributed by atoms with Crippen molar-refractivity contribution < 1.29 is 4.74 Å². The minimum Gasteiger partial charge on any atom is -0.459 e. The highest BCUT2D eigenvalue weighted by atomic mass is 16.5. The molecule has 0 saturated heterocycles. The van der Waals surface area contributed by atoms with Crippen LogP contribution in [0.3, 0.4) is 0 Å². The van der Waals surface area contributed by atoms with Gasteiger partial charge in [0, 0.05) is 16.5 Å². The second-order valence-electron chi connectivity index (χ2n) is 13.1. The third kappa shape index (κ3) is 7.73. The lowest BCUT2D eigenvalue weighted by molar-refractivity contribution is 0.340. The van der Waals surface area contributed by atoms with Crippen molar-refractivity contribution in [2.45, 2.75) is 0 Å². The van der Waals surface area contributed by atoms with E-state index in [0.717, 1.165) is 44.2 Å². The molecule has 0 bridgehead atoms. The van der Waals surface area contributed by atoms with Crippen LogP contribution in [0.2, 0.25) is 0 Å². The maximum Gasteiger partial charge on any atom is 0.119 e. The van der Waals surface area contributed by atoms with Crippen LogP contribution in [0.4, 0.5) is 0 Å². The predicted octanol–water partition coefficient (Wildman–Crippen LogP) is 13.6. The van der Waals surface area contributed by atoms with Crippen LogP contribution < -0.4 is 0 Å². The van der Waals surface area contributed by atoms with Gasteiger partial charge in [0.25, 0.3) is 0 Å². The molecule has 0 unspecified atom stereocenters. The van der Waals surface area contributed by atoms with Gasteiger partial charge in [-0.05, 0) is 123 Å². The van der Waals surface area contributed by atoms with Crippen molar-refractivity contribution in [1.29, 1.82) is 10.5 Å². The molecule has 0 fully saturated rings. The maximum absolute atomic E-state index is 9.53. The molecule has 0 N–H and O–H groups in total. The summed E-state index contributed by atoms with van der Waals surface area (Å²) < 4.78 is 7.12. The number of fused-ring (bicyclic) bond motifs is 3. The highest BCUT2D eigenvalue weighted by Crippen LogP contribution is 2.35. The third-order valence-corrected chi connectivity index (χ3v) is 9.56. The minimum atomic E-state index is 0.486. The second kappa shape index (κ2) is 16.4. The molecular formula is C52H37N3O. The van der Waals surface area contributed by atoms with E-state index in [4.69, 9.17) is 4.74 Å². The van der Waals surface area contributed by atoms with Gasteiger partial charge in [-0.25, -0.2) is 0 Å². The van der Waals surface area contributed by atoms with Crippen LogP contribution in [-0.2, 0) is 4.74 Å². The number of nitrogens with zero attached hydrogens (tertiary/aromatic N) is 3. The van der Waals surface area contributed by atoms with Gasteiger partial charge in [-0.3, -0.25) is 0 Å². The Bertz CT molecular complexity index is 2770. The quantitative estimate of drug-likeness (QED) is 0.110. The SMILES string of the molecule is C=CC(=C)OC(=C)C=C.N#Cc1ccc2c(c1)c1cc(C#N)ccc1n2-c1ccc(-c2cccc(-c3cccc(-c4cccc(-c5ccccc5)c4)c3)c2)cc1. The summed E-state index contributed by atoms with van der Waals surface area (Å²) in [6.07, 6.45) is 3.02. The maximum atomic E-state index is 9.53. The van der Waals surface area contributed by atoms with E-state index in [-0.39, 0.29) is 0 Å². The number of hydrogen-bond donors (Lipinski definition) is 0. The van der Waals surface area contributed by atoms with Gasteiger partial charge in [-0.15, -0.1) is 0 Å². The molecule has 0 spiro atoms. The molecule has 56 heavy (non-hydrogen) atoms. The summed E-state index contributed by atoms with van der Waals surface area (Å²) >= 11 is 0. The van der Waals surface area contributed by atoms with E-state index in [2.05, 4.69) is 164 Å². The Morgan fingerprint density at radius 1 is 0.446 bits per heavy atom. The van der Waals surface area contributed by atoms with E-state index in [1.165, 1.54) is 40.0 Å². The fraction of sp³-hybridized carbons (Fsp3) is 0. The van der Waals surface area contributed by atoms with Crippen LogP contribution in [-0.4, -0.2) is 4.57 Å². The monoisotopic (exact) mass is 719 g/mol. The first-order valence-corrected chi connectivity index (χ1v) is 18.0. The highest BCUT2D eigenvalue weighted by molar-refractivity contribution is 6.10. The molecule has 266 valence electrons. The molecular weight excluding hydrogens is 683 g/mol. The standard InChI is InChI=1S/C44H27N3.C8H10O/c45-28-30-15-21-43-41(23-30)42-24-31(29-46)16-22-44(42)47(43)40-19-17-33(18-20-40)35-10-5-12-37(26-35)39-14-6-13-38(27-39)36-11-4-9-34(25-36)32-7-2-1-3-8-32;1-5-7(3)9-8(4)6-2/h1-27H;5-6H,1-4H2. The van der Waals surface area contributed by atoms with Gasteiger partial charge in [0.2, 0.25) is 0 Å². The zero-order chi connectivity index (χ0) is 39.0. The predicted molar refractivity (Wildman–Crippen MR) is 232 cm³/mol. The van der Waals surface area contributed by atoms with Crippen LogP contribution in [0.15, 0.2) is 214 Å². The van der Waals surface area contributed by atoms with Crippen LogP contribution in [0, 0.1) is 22.7 Å². The second-order valence-corrected chi connectivity index (χ2v) is 13.1. The van der Waals surface area contributed by atoms with E-state index >= 15 is 0 Å². The van der Waals surface area contributed by atoms with E-state index in [1.807, 2.05) is 42.5 Å². The van der Waals surface area contributed by atoms with Crippen molar-refractivity contribution in [2.24, 2.45) is 0 Å². The molecule has 4 nitrogen and oxygen atoms in total. The molecule has 1 heterocycles. The Hall–Kier alpha value is -7.92. The number of aromatic nitrogens is 1. The summed E-state index contributed by atoms with van der Waals surface area (Å²) in [5.41, 5.74) is 13.6. The lowest BCUT2D eigenvalue weighted by Crippen LogP contribution is -1.94. The fourth-order valence-corrected chi connectivity index (χ4v) is 6.76. The highest BCUT2D eigenvalue weighted by Gasteiger charge is 2.14. The van der Waals surface area contributed by atoms with Crippen LogP contribution in [0.5, 0.6) is 0 Å². The number of rotatable bonds is 9. The van der Waals surface area contributed by atoms with Gasteiger partial charge in [-0.2, -0.15) is 10.5 Å². The lowest BCUT2D eigenvalue weighted by atomic mass is 9.95. The van der Waals surface area contributed by atoms with Crippen molar-refractivity contribution >= 4 is 21.8 Å². The number of ether oxygens (including phenoxy) is 1. The van der Waals surface area contributed by atoms with E-state index < -0.39 is 0 Å². The van der Waals surface area contributed by atoms with Gasteiger partial charge in [0.05, 0.1) is 34.3 Å². The number of nitriles is 2. The summed E-state index contributed by atoms with van der Waals surface area (Å²) in [4.78, 5) is 0. The minimum absolute atomic E-state index is 0.486. The first kappa shape index (κ1) is 36.4. The molecule has 7 aromatic carbocycles. The zero-order valence-electron chi connectivity index (χ0n) is 30.8. The average Bonchev–Trinajstić information content (AvgIpc) is 3.59. The average molecular weight is 720 g/mol. The number of hydrogen-bond acceptors (Lipinski definition) is 3. The smallest absolute Gasteiger partial charge is 0.119 e. The van der Waals surface area contributed by atoms with Crippen molar-refractivity contribution in [3.63, 3.8) is 0 Å². The Labute approximate surface area is 327 Å². The first-order valence-electron chi connectivity index (χ1n) is 18.0. The topological polar surface area (TPSA) is 61.7 Å². The van der Waals surface area contributed by atoms with Gasteiger partial charge in [0.15, 0.2) is 0 Å². The Morgan fingerprint density at radius 3 is 1.21 bits per heavy atom. The molecule has 8 rings (SSSR count). The zero-order valence-corrected chi connectivity index (χ0v) is 30.8. The number of benzene rings is 7. The molecule has 0 aliphatic carbocycles. The third-order valence-electron chi connectivity index (χ3n) is 9.56. The van der Waals surface area contributed by atoms with Gasteiger partial charge in [0.1, 0.15) is 11.5 Å². The molecule has 0 aliphatic rings. The summed E-state index contributed by atoms with van der Waals surface area (Å²) in [6.45, 7) is 13.9. The van der Waals surface area contributed by atoms with Crippen molar-refractivity contribution in [3.8, 4) is 62.3 Å². The molecule has 4 heteroatoms. The molecule has 1 aromatic heterocycles. The molecule has 0 saturated carbocycles. The summed E-state index contributed by atoms with van der Waals surface area (Å²) in [5.74, 6) is 0.972. The summed E-state index contributed by atoms with van der Waals surface area (Å²) in [6, 6.07) is 61.2. The largest absolute Gasteiger partial charge is 0.459 e. The van der Waals surface area contributed by atoms with Crippen LogP contribution in [0.1, 0.15) is 11.1 Å². The molecule has 0 amide bonds. The van der Waals surface area contributed by atoms with Gasteiger partial charge in [-0.1, -0.05) is 123 Å². The van der Waals surface area contributed by atoms with Crippen molar-refractivity contribution in [1.82, 2.24) is 4.57 Å². The van der Waals surface area contributed by atoms with E-state index in [9.17, 15) is 10.5 Å². The normalized spacial score (nSPS) is 10.4. The summed E-state index contributed by atoms with van der Waals surface area (Å²) in [7, 11) is 0. The van der Waals surface area contributed by atoms with E-state index in [1.54, 1.807) is 0 Å². The Balaban J connectivity index is 0.000000478. The fourth-order valence-electron chi connectivity index (χ4n) is 6.76. The van der Waals surface area contributed by atoms with Crippen LogP contribution in [0.25, 0.3) is 72.0 Å². The van der Waals surface area contributed by atoms with Crippen molar-refractivity contribution in [2.75, 3.05) is 0 Å². The van der Waals surface area contributed by atoms with Crippen molar-refractivity contribution in [3.05, 3.63) is 225 Å². The molecule has 0 radical (unpaired) electrons.